The van der Waals surface area contributed by atoms with E-state index < -0.39 is 0 Å². The lowest BCUT2D eigenvalue weighted by molar-refractivity contribution is 0.978. The summed E-state index contributed by atoms with van der Waals surface area (Å²) in [7, 11) is 0. The molecule has 6 aromatic heterocycles. The number of aromatic nitrogens is 5. The lowest BCUT2D eigenvalue weighted by atomic mass is 10.00. The van der Waals surface area contributed by atoms with Crippen molar-refractivity contribution in [2.75, 3.05) is 0 Å². The predicted molar refractivity (Wildman–Crippen MR) is 244 cm³/mol. The molecule has 0 radical (unpaired) electrons. The minimum absolute atomic E-state index is 0.660. The molecule has 0 aliphatic carbocycles. The number of rotatable bonds is 3. The van der Waals surface area contributed by atoms with E-state index in [0.717, 1.165) is 43.5 Å². The van der Waals surface area contributed by atoms with Gasteiger partial charge in [0.15, 0.2) is 5.82 Å². The first-order valence-corrected chi connectivity index (χ1v) is 20.5. The third-order valence-corrected chi connectivity index (χ3v) is 13.5. The predicted octanol–water partition coefficient (Wildman–Crippen LogP) is 13.9. The summed E-state index contributed by atoms with van der Waals surface area (Å²) in [4.78, 5) is 11.3. The van der Waals surface area contributed by atoms with Crippen molar-refractivity contribution >= 4 is 113 Å². The second-order valence-electron chi connectivity index (χ2n) is 15.3. The van der Waals surface area contributed by atoms with Crippen molar-refractivity contribution in [2.45, 2.75) is 0 Å². The molecule has 0 unspecified atom stereocenters. The number of hydrogen-bond acceptors (Lipinski definition) is 3. The first kappa shape index (κ1) is 30.7. The molecular formula is C52H29N5S. The van der Waals surface area contributed by atoms with Crippen molar-refractivity contribution in [3.8, 4) is 22.9 Å². The van der Waals surface area contributed by atoms with Crippen LogP contribution in [0.5, 0.6) is 0 Å². The van der Waals surface area contributed by atoms with Crippen molar-refractivity contribution < 1.29 is 0 Å². The molecule has 0 atom stereocenters. The lowest BCUT2D eigenvalue weighted by Crippen LogP contribution is -2.06. The van der Waals surface area contributed by atoms with Crippen LogP contribution >= 0.6 is 11.3 Å². The first-order chi connectivity index (χ1) is 28.8. The van der Waals surface area contributed by atoms with Crippen molar-refractivity contribution in [3.05, 3.63) is 176 Å². The molecule has 0 amide bonds. The summed E-state index contributed by atoms with van der Waals surface area (Å²) in [6.45, 7) is 0. The molecule has 6 heteroatoms. The van der Waals surface area contributed by atoms with E-state index in [0.29, 0.717) is 5.95 Å². The fourth-order valence-electron chi connectivity index (χ4n) is 9.99. The van der Waals surface area contributed by atoms with Crippen LogP contribution in [0.25, 0.3) is 125 Å². The van der Waals surface area contributed by atoms with E-state index in [9.17, 15) is 0 Å². The Bertz CT molecular complexity index is 3980. The molecule has 0 bridgehead atoms. The molecule has 0 aliphatic rings. The molecule has 5 nitrogen and oxygen atoms in total. The molecule has 0 fully saturated rings. The molecule has 0 saturated heterocycles. The van der Waals surface area contributed by atoms with E-state index >= 15 is 0 Å². The maximum absolute atomic E-state index is 5.72. The van der Waals surface area contributed by atoms with Gasteiger partial charge in [-0.2, -0.15) is 4.98 Å². The Hall–Kier alpha value is -7.54. The van der Waals surface area contributed by atoms with Gasteiger partial charge in [0.05, 0.1) is 48.8 Å². The molecule has 6 heterocycles. The molecule has 58 heavy (non-hydrogen) atoms. The van der Waals surface area contributed by atoms with E-state index in [1.807, 2.05) is 0 Å². The van der Waals surface area contributed by atoms with Crippen molar-refractivity contribution in [2.24, 2.45) is 0 Å². The number of nitrogens with zero attached hydrogens (tertiary/aromatic N) is 5. The number of thiophene rings is 1. The highest BCUT2D eigenvalue weighted by Crippen LogP contribution is 2.47. The van der Waals surface area contributed by atoms with Crippen molar-refractivity contribution in [1.29, 1.82) is 0 Å². The smallest absolute Gasteiger partial charge is 0.237 e. The maximum Gasteiger partial charge on any atom is 0.237 e. The molecule has 0 spiro atoms. The molecule has 14 aromatic rings. The summed E-state index contributed by atoms with van der Waals surface area (Å²) in [6.07, 6.45) is 0. The van der Waals surface area contributed by atoms with Crippen molar-refractivity contribution in [3.63, 3.8) is 0 Å². The Morgan fingerprint density at radius 2 is 0.948 bits per heavy atom. The Kier molecular flexibility index (Phi) is 5.85. The number of benzene rings is 8. The van der Waals surface area contributed by atoms with Gasteiger partial charge in [-0.15, -0.1) is 11.3 Å². The standard InChI is InChI=1S/C52H29N5S/c1-2-14-30(15-3-1)31-26-27-44-37(28-31)39-29-38-34-18-6-11-23-42(34)57(49(38)46-35-19-7-12-24-43(35)55(44)48(39)46)52-53-47-36-20-8-13-25-45(36)58-50(47)51(54-52)56-40-21-9-4-16-32(40)33-17-5-10-22-41(33)56/h1-29H. The van der Waals surface area contributed by atoms with E-state index in [4.69, 9.17) is 9.97 Å². The summed E-state index contributed by atoms with van der Waals surface area (Å²) in [5.74, 6) is 1.55. The second kappa shape index (κ2) is 11.1. The highest BCUT2D eigenvalue weighted by Gasteiger charge is 2.27. The van der Waals surface area contributed by atoms with Crippen LogP contribution in [0.2, 0.25) is 0 Å². The summed E-state index contributed by atoms with van der Waals surface area (Å²) >= 11 is 1.77. The molecule has 0 N–H and O–H groups in total. The monoisotopic (exact) mass is 755 g/mol. The number of fused-ring (bicyclic) bond motifs is 16. The van der Waals surface area contributed by atoms with Gasteiger partial charge in [0, 0.05) is 53.2 Å². The van der Waals surface area contributed by atoms with Gasteiger partial charge in [-0.05, 0) is 59.7 Å². The topological polar surface area (TPSA) is 40.0 Å². The molecular weight excluding hydrogens is 727 g/mol. The fourth-order valence-corrected chi connectivity index (χ4v) is 11.1. The van der Waals surface area contributed by atoms with Crippen LogP contribution in [0.4, 0.5) is 0 Å². The summed E-state index contributed by atoms with van der Waals surface area (Å²) in [5, 5.41) is 10.9. The molecule has 8 aromatic carbocycles. The van der Waals surface area contributed by atoms with Gasteiger partial charge in [0.2, 0.25) is 5.95 Å². The minimum atomic E-state index is 0.660. The normalized spacial score (nSPS) is 12.5. The van der Waals surface area contributed by atoms with E-state index in [-0.39, 0.29) is 0 Å². The minimum Gasteiger partial charge on any atom is -0.308 e. The van der Waals surface area contributed by atoms with Gasteiger partial charge >= 0.3 is 0 Å². The van der Waals surface area contributed by atoms with Crippen LogP contribution in [-0.4, -0.2) is 23.5 Å². The van der Waals surface area contributed by atoms with E-state index in [1.165, 1.54) is 75.5 Å². The van der Waals surface area contributed by atoms with Crippen LogP contribution < -0.4 is 0 Å². The summed E-state index contributed by atoms with van der Waals surface area (Å²) in [5.41, 5.74) is 11.5. The van der Waals surface area contributed by atoms with E-state index in [2.05, 4.69) is 189 Å². The SMILES string of the molecule is c1ccc(-c2ccc3c(c2)c2cc4c5ccccc5n(-c5nc(-n6c7ccccc7c7ccccc76)c6sc7ccccc7c6n5)c4c4c5ccccc5n3c24)cc1. The third-order valence-electron chi connectivity index (χ3n) is 12.4. The molecule has 268 valence electrons. The van der Waals surface area contributed by atoms with E-state index in [1.54, 1.807) is 11.3 Å². The lowest BCUT2D eigenvalue weighted by Gasteiger charge is -2.13. The molecule has 0 aliphatic heterocycles. The zero-order chi connectivity index (χ0) is 37.6. The average molecular weight is 756 g/mol. The summed E-state index contributed by atoms with van der Waals surface area (Å²) in [6, 6.07) is 63.7. The maximum atomic E-state index is 5.72. The Morgan fingerprint density at radius 3 is 1.69 bits per heavy atom. The quantitative estimate of drug-likeness (QED) is 0.180. The zero-order valence-corrected chi connectivity index (χ0v) is 31.7. The summed E-state index contributed by atoms with van der Waals surface area (Å²) < 4.78 is 9.45. The average Bonchev–Trinajstić information content (AvgIpc) is 4.08. The van der Waals surface area contributed by atoms with Crippen LogP contribution in [0, 0.1) is 0 Å². The van der Waals surface area contributed by atoms with Gasteiger partial charge in [-0.25, -0.2) is 4.98 Å². The van der Waals surface area contributed by atoms with Gasteiger partial charge in [0.25, 0.3) is 0 Å². The van der Waals surface area contributed by atoms with Crippen LogP contribution in [0.15, 0.2) is 176 Å². The van der Waals surface area contributed by atoms with Crippen LogP contribution in [0.3, 0.4) is 0 Å². The van der Waals surface area contributed by atoms with Gasteiger partial charge < -0.3 is 4.40 Å². The largest absolute Gasteiger partial charge is 0.308 e. The Balaban J connectivity index is 1.18. The molecule has 14 rings (SSSR count). The fraction of sp³-hybridized carbons (Fsp3) is 0. The Labute approximate surface area is 334 Å². The van der Waals surface area contributed by atoms with Gasteiger partial charge in [0.1, 0.15) is 0 Å². The van der Waals surface area contributed by atoms with Gasteiger partial charge in [-0.1, -0.05) is 127 Å². The van der Waals surface area contributed by atoms with Gasteiger partial charge in [-0.3, -0.25) is 9.13 Å². The second-order valence-corrected chi connectivity index (χ2v) is 16.4. The first-order valence-electron chi connectivity index (χ1n) is 19.7. The molecule has 0 saturated carbocycles. The number of para-hydroxylation sites is 4. The van der Waals surface area contributed by atoms with Crippen molar-refractivity contribution in [1.82, 2.24) is 23.5 Å². The number of hydrogen-bond donors (Lipinski definition) is 0. The highest BCUT2D eigenvalue weighted by molar-refractivity contribution is 7.26. The van der Waals surface area contributed by atoms with Crippen LogP contribution in [-0.2, 0) is 0 Å². The Morgan fingerprint density at radius 1 is 0.379 bits per heavy atom. The zero-order valence-electron chi connectivity index (χ0n) is 30.9. The van der Waals surface area contributed by atoms with Crippen LogP contribution in [0.1, 0.15) is 0 Å². The highest BCUT2D eigenvalue weighted by atomic mass is 32.1. The third kappa shape index (κ3) is 3.85.